The molecular formula is C9H6NO3S-. The number of aromatic nitrogens is 1. The van der Waals surface area contributed by atoms with Crippen LogP contribution in [0.3, 0.4) is 0 Å². The van der Waals surface area contributed by atoms with Gasteiger partial charge in [-0.1, -0.05) is 0 Å². The summed E-state index contributed by atoms with van der Waals surface area (Å²) in [6.07, 6.45) is 3.00. The maximum Gasteiger partial charge on any atom is 0.225 e. The number of rotatable bonds is 2. The summed E-state index contributed by atoms with van der Waals surface area (Å²) >= 11 is -2.19. The van der Waals surface area contributed by atoms with Crippen LogP contribution in [-0.2, 0) is 11.1 Å². The lowest BCUT2D eigenvalue weighted by molar-refractivity contribution is 0.537. The second-order valence-corrected chi connectivity index (χ2v) is 3.54. The smallest absolute Gasteiger partial charge is 0.225 e. The summed E-state index contributed by atoms with van der Waals surface area (Å²) in [6, 6.07) is 6.30. The SMILES string of the molecule is O=S([O-])c1ccc(-c2ncco2)cc1. The standard InChI is InChI=1S/C9H7NO3S/c11-14(12)8-3-1-7(2-4-8)9-10-5-6-13-9/h1-6H,(H,11,12)/p-1. The monoisotopic (exact) mass is 208 g/mol. The van der Waals surface area contributed by atoms with Crippen LogP contribution in [0.15, 0.2) is 46.0 Å². The molecule has 1 heterocycles. The molecule has 4 nitrogen and oxygen atoms in total. The summed E-state index contributed by atoms with van der Waals surface area (Å²) < 4.78 is 26.2. The van der Waals surface area contributed by atoms with Crippen LogP contribution < -0.4 is 0 Å². The van der Waals surface area contributed by atoms with Gasteiger partial charge in [0.15, 0.2) is 0 Å². The number of oxazole rings is 1. The van der Waals surface area contributed by atoms with Gasteiger partial charge in [0.1, 0.15) is 6.26 Å². The third kappa shape index (κ3) is 1.73. The molecular weight excluding hydrogens is 202 g/mol. The molecule has 1 atom stereocenters. The van der Waals surface area contributed by atoms with Gasteiger partial charge in [-0.15, -0.1) is 0 Å². The summed E-state index contributed by atoms with van der Waals surface area (Å²) in [5, 5.41) is 0. The molecule has 2 rings (SSSR count). The van der Waals surface area contributed by atoms with Gasteiger partial charge >= 0.3 is 0 Å². The van der Waals surface area contributed by atoms with Crippen molar-refractivity contribution in [3.63, 3.8) is 0 Å². The fourth-order valence-corrected chi connectivity index (χ4v) is 1.43. The zero-order chi connectivity index (χ0) is 9.97. The molecule has 1 aromatic carbocycles. The number of nitrogens with zero attached hydrogens (tertiary/aromatic N) is 1. The zero-order valence-corrected chi connectivity index (χ0v) is 7.86. The van der Waals surface area contributed by atoms with Gasteiger partial charge < -0.3 is 8.97 Å². The van der Waals surface area contributed by atoms with Crippen molar-refractivity contribution in [3.05, 3.63) is 36.7 Å². The van der Waals surface area contributed by atoms with E-state index in [1.807, 2.05) is 0 Å². The lowest BCUT2D eigenvalue weighted by Crippen LogP contribution is -1.87. The molecule has 0 N–H and O–H groups in total. The van der Waals surface area contributed by atoms with Crippen LogP contribution in [0.1, 0.15) is 0 Å². The van der Waals surface area contributed by atoms with Crippen molar-refractivity contribution in [1.82, 2.24) is 4.98 Å². The number of benzene rings is 1. The van der Waals surface area contributed by atoms with Crippen molar-refractivity contribution in [3.8, 4) is 11.5 Å². The predicted octanol–water partition coefficient (Wildman–Crippen LogP) is 1.58. The van der Waals surface area contributed by atoms with Gasteiger partial charge in [-0.25, -0.2) is 4.98 Å². The first-order valence-electron chi connectivity index (χ1n) is 3.86. The normalized spacial score (nSPS) is 12.6. The van der Waals surface area contributed by atoms with E-state index in [1.54, 1.807) is 12.1 Å². The summed E-state index contributed by atoms with van der Waals surface area (Å²) in [5.74, 6) is 0.480. The number of hydrogen-bond acceptors (Lipinski definition) is 4. The van der Waals surface area contributed by atoms with Gasteiger partial charge in [0.25, 0.3) is 0 Å². The Labute approximate surface area is 82.9 Å². The Morgan fingerprint density at radius 1 is 1.29 bits per heavy atom. The lowest BCUT2D eigenvalue weighted by atomic mass is 10.2. The minimum Gasteiger partial charge on any atom is -0.768 e. The first-order valence-corrected chi connectivity index (χ1v) is 4.94. The Balaban J connectivity index is 2.36. The van der Waals surface area contributed by atoms with Crippen LogP contribution in [0.5, 0.6) is 0 Å². The van der Waals surface area contributed by atoms with E-state index in [0.717, 1.165) is 5.56 Å². The van der Waals surface area contributed by atoms with Crippen LogP contribution in [0, 0.1) is 0 Å². The number of hydrogen-bond donors (Lipinski definition) is 0. The Kier molecular flexibility index (Phi) is 2.43. The molecule has 1 aromatic heterocycles. The molecule has 14 heavy (non-hydrogen) atoms. The van der Waals surface area contributed by atoms with E-state index in [1.165, 1.54) is 24.6 Å². The van der Waals surface area contributed by atoms with E-state index in [4.69, 9.17) is 4.42 Å². The first-order chi connectivity index (χ1) is 6.77. The first kappa shape index (κ1) is 9.11. The summed E-state index contributed by atoms with van der Waals surface area (Å²) in [6.45, 7) is 0. The van der Waals surface area contributed by atoms with Crippen LogP contribution in [0.25, 0.3) is 11.5 Å². The minimum absolute atomic E-state index is 0.250. The molecule has 0 amide bonds. The van der Waals surface area contributed by atoms with E-state index in [2.05, 4.69) is 4.98 Å². The highest BCUT2D eigenvalue weighted by Gasteiger charge is 2.01. The average Bonchev–Trinajstić information content (AvgIpc) is 2.71. The third-order valence-electron chi connectivity index (χ3n) is 1.73. The van der Waals surface area contributed by atoms with E-state index in [9.17, 15) is 8.76 Å². The quantitative estimate of drug-likeness (QED) is 0.703. The van der Waals surface area contributed by atoms with E-state index in [-0.39, 0.29) is 4.90 Å². The van der Waals surface area contributed by atoms with Crippen molar-refractivity contribution >= 4 is 11.1 Å². The molecule has 0 saturated heterocycles. The molecule has 0 aliphatic heterocycles. The summed E-state index contributed by atoms with van der Waals surface area (Å²) in [5.41, 5.74) is 0.754. The molecule has 72 valence electrons. The molecule has 0 aliphatic rings. The maximum atomic E-state index is 10.6. The molecule has 2 aromatic rings. The van der Waals surface area contributed by atoms with E-state index < -0.39 is 11.1 Å². The Hall–Kier alpha value is -1.46. The van der Waals surface area contributed by atoms with Crippen LogP contribution in [0.4, 0.5) is 0 Å². The van der Waals surface area contributed by atoms with Crippen molar-refractivity contribution in [2.45, 2.75) is 4.90 Å². The highest BCUT2D eigenvalue weighted by Crippen LogP contribution is 2.18. The van der Waals surface area contributed by atoms with Gasteiger partial charge in [0, 0.05) is 10.5 Å². The summed E-state index contributed by atoms with van der Waals surface area (Å²) in [7, 11) is 0. The highest BCUT2D eigenvalue weighted by atomic mass is 32.2. The Morgan fingerprint density at radius 2 is 2.00 bits per heavy atom. The largest absolute Gasteiger partial charge is 0.768 e. The van der Waals surface area contributed by atoms with Crippen molar-refractivity contribution in [2.75, 3.05) is 0 Å². The fraction of sp³-hybridized carbons (Fsp3) is 0. The van der Waals surface area contributed by atoms with Gasteiger partial charge in [0.2, 0.25) is 5.89 Å². The van der Waals surface area contributed by atoms with Crippen molar-refractivity contribution in [1.29, 1.82) is 0 Å². The van der Waals surface area contributed by atoms with Crippen molar-refractivity contribution in [2.24, 2.45) is 0 Å². The molecule has 0 saturated carbocycles. The molecule has 0 spiro atoms. The van der Waals surface area contributed by atoms with Gasteiger partial charge in [-0.2, -0.15) is 0 Å². The molecule has 0 fully saturated rings. The van der Waals surface area contributed by atoms with Crippen LogP contribution >= 0.6 is 0 Å². The lowest BCUT2D eigenvalue weighted by Gasteiger charge is -2.04. The molecule has 1 unspecified atom stereocenters. The predicted molar refractivity (Wildman–Crippen MR) is 49.1 cm³/mol. The van der Waals surface area contributed by atoms with E-state index in [0.29, 0.717) is 5.89 Å². The molecule has 0 aliphatic carbocycles. The minimum atomic E-state index is -2.19. The average molecular weight is 208 g/mol. The zero-order valence-electron chi connectivity index (χ0n) is 7.04. The van der Waals surface area contributed by atoms with Gasteiger partial charge in [-0.3, -0.25) is 4.21 Å². The Morgan fingerprint density at radius 3 is 2.50 bits per heavy atom. The highest BCUT2D eigenvalue weighted by molar-refractivity contribution is 7.79. The molecule has 0 bridgehead atoms. The van der Waals surface area contributed by atoms with Gasteiger partial charge in [-0.05, 0) is 35.3 Å². The topological polar surface area (TPSA) is 66.2 Å². The molecule has 0 radical (unpaired) electrons. The summed E-state index contributed by atoms with van der Waals surface area (Å²) in [4.78, 5) is 4.19. The van der Waals surface area contributed by atoms with Crippen LogP contribution in [-0.4, -0.2) is 13.7 Å². The van der Waals surface area contributed by atoms with Gasteiger partial charge in [0.05, 0.1) is 6.20 Å². The second kappa shape index (κ2) is 3.73. The van der Waals surface area contributed by atoms with Crippen molar-refractivity contribution < 1.29 is 13.2 Å². The third-order valence-corrected chi connectivity index (χ3v) is 2.38. The maximum absolute atomic E-state index is 10.6. The molecule has 5 heteroatoms. The van der Waals surface area contributed by atoms with Crippen LogP contribution in [0.2, 0.25) is 0 Å². The Bertz CT molecular complexity index is 436. The fourth-order valence-electron chi connectivity index (χ4n) is 1.07. The van der Waals surface area contributed by atoms with E-state index >= 15 is 0 Å². The second-order valence-electron chi connectivity index (χ2n) is 2.60.